The van der Waals surface area contributed by atoms with Gasteiger partial charge in [0.1, 0.15) is 0 Å². The zero-order chi connectivity index (χ0) is 10.3. The highest BCUT2D eigenvalue weighted by Crippen LogP contribution is 2.42. The summed E-state index contributed by atoms with van der Waals surface area (Å²) in [6, 6.07) is 3.21. The van der Waals surface area contributed by atoms with E-state index in [0.29, 0.717) is 0 Å². The van der Waals surface area contributed by atoms with Gasteiger partial charge in [0.25, 0.3) is 0 Å². The van der Waals surface area contributed by atoms with Crippen LogP contribution in [0.4, 0.5) is 0 Å². The minimum atomic E-state index is 0.268. The summed E-state index contributed by atoms with van der Waals surface area (Å²) in [4.78, 5) is 2.65. The van der Waals surface area contributed by atoms with Crippen LogP contribution in [0.5, 0.6) is 0 Å². The Labute approximate surface area is 91.6 Å². The molecule has 2 atom stereocenters. The fraction of sp³-hybridized carbons (Fsp3) is 0.769. The van der Waals surface area contributed by atoms with E-state index in [1.165, 1.54) is 50.8 Å². The molecule has 1 fully saturated rings. The molecule has 0 N–H and O–H groups in total. The van der Waals surface area contributed by atoms with Crippen LogP contribution in [0.2, 0.25) is 0 Å². The molecule has 0 amide bonds. The molecule has 2 heteroatoms. The van der Waals surface area contributed by atoms with E-state index in [1.807, 2.05) is 0 Å². The molecule has 80 valence electrons. The molecule has 3 aliphatic rings. The largest absolute Gasteiger partial charge is 0.296 e. The highest BCUT2D eigenvalue weighted by molar-refractivity contribution is 5.33. The van der Waals surface area contributed by atoms with Gasteiger partial charge in [0, 0.05) is 12.6 Å². The first kappa shape index (κ1) is 9.42. The standard InChI is InChI=1S/C13H18N2/c14-9-10-4-5-12-11(10)6-8-15-7-2-1-3-13(12)15/h10,13H,1-8H2. The Morgan fingerprint density at radius 1 is 1.07 bits per heavy atom. The van der Waals surface area contributed by atoms with Crippen LogP contribution in [0.3, 0.4) is 0 Å². The first-order valence-corrected chi connectivity index (χ1v) is 6.25. The molecule has 15 heavy (non-hydrogen) atoms. The monoisotopic (exact) mass is 202 g/mol. The molecule has 3 rings (SSSR count). The Bertz CT molecular complexity index is 337. The maximum Gasteiger partial charge on any atom is 0.0700 e. The molecule has 2 heterocycles. The predicted octanol–water partition coefficient (Wildman–Crippen LogP) is 2.47. The van der Waals surface area contributed by atoms with Gasteiger partial charge in [-0.05, 0) is 38.6 Å². The van der Waals surface area contributed by atoms with Crippen LogP contribution < -0.4 is 0 Å². The third kappa shape index (κ3) is 1.41. The van der Waals surface area contributed by atoms with E-state index in [4.69, 9.17) is 5.26 Å². The predicted molar refractivity (Wildman–Crippen MR) is 59.2 cm³/mol. The Balaban J connectivity index is 1.90. The summed E-state index contributed by atoms with van der Waals surface area (Å²) in [7, 11) is 0. The normalized spacial score (nSPS) is 35.9. The fourth-order valence-electron chi connectivity index (χ4n) is 3.63. The molecule has 2 unspecified atom stereocenters. The molecule has 2 nitrogen and oxygen atoms in total. The highest BCUT2D eigenvalue weighted by atomic mass is 15.2. The van der Waals surface area contributed by atoms with E-state index in [-0.39, 0.29) is 5.92 Å². The van der Waals surface area contributed by atoms with Gasteiger partial charge in [-0.2, -0.15) is 5.26 Å². The van der Waals surface area contributed by atoms with Gasteiger partial charge in [-0.25, -0.2) is 0 Å². The summed E-state index contributed by atoms with van der Waals surface area (Å²) in [5.74, 6) is 0.268. The molecule has 0 aromatic heterocycles. The topological polar surface area (TPSA) is 27.0 Å². The molecular formula is C13H18N2. The number of hydrogen-bond acceptors (Lipinski definition) is 2. The molecule has 2 aliphatic heterocycles. The number of piperidine rings is 1. The van der Waals surface area contributed by atoms with E-state index >= 15 is 0 Å². The number of nitriles is 1. The second-order valence-electron chi connectivity index (χ2n) is 5.07. The van der Waals surface area contributed by atoms with Crippen LogP contribution >= 0.6 is 0 Å². The maximum atomic E-state index is 9.10. The first-order valence-electron chi connectivity index (χ1n) is 6.25. The zero-order valence-corrected chi connectivity index (χ0v) is 9.21. The molecule has 0 spiro atoms. The molecule has 1 aliphatic carbocycles. The van der Waals surface area contributed by atoms with Crippen molar-refractivity contribution in [1.29, 1.82) is 5.26 Å². The highest BCUT2D eigenvalue weighted by Gasteiger charge is 2.36. The van der Waals surface area contributed by atoms with Gasteiger partial charge >= 0.3 is 0 Å². The number of fused-ring (bicyclic) bond motifs is 2. The smallest absolute Gasteiger partial charge is 0.0700 e. The van der Waals surface area contributed by atoms with Crippen molar-refractivity contribution in [3.8, 4) is 6.07 Å². The Morgan fingerprint density at radius 3 is 2.87 bits per heavy atom. The van der Waals surface area contributed by atoms with Crippen LogP contribution in [0.1, 0.15) is 38.5 Å². The van der Waals surface area contributed by atoms with Crippen LogP contribution in [0.25, 0.3) is 0 Å². The Kier molecular flexibility index (Phi) is 2.29. The van der Waals surface area contributed by atoms with Gasteiger partial charge in [-0.3, -0.25) is 4.90 Å². The summed E-state index contributed by atoms with van der Waals surface area (Å²) in [6.45, 7) is 2.50. The third-order valence-corrected chi connectivity index (χ3v) is 4.38. The van der Waals surface area contributed by atoms with Crippen molar-refractivity contribution in [3.05, 3.63) is 11.1 Å². The fourth-order valence-corrected chi connectivity index (χ4v) is 3.63. The van der Waals surface area contributed by atoms with Crippen molar-refractivity contribution in [2.75, 3.05) is 13.1 Å². The second kappa shape index (κ2) is 3.64. The van der Waals surface area contributed by atoms with E-state index < -0.39 is 0 Å². The maximum absolute atomic E-state index is 9.10. The summed E-state index contributed by atoms with van der Waals surface area (Å²) < 4.78 is 0. The Hall–Kier alpha value is -0.810. The molecule has 0 aromatic rings. The van der Waals surface area contributed by atoms with Crippen LogP contribution in [0.15, 0.2) is 11.1 Å². The van der Waals surface area contributed by atoms with E-state index in [0.717, 1.165) is 12.5 Å². The van der Waals surface area contributed by atoms with Crippen molar-refractivity contribution < 1.29 is 0 Å². The van der Waals surface area contributed by atoms with E-state index in [2.05, 4.69) is 11.0 Å². The molecular weight excluding hydrogens is 184 g/mol. The zero-order valence-electron chi connectivity index (χ0n) is 9.21. The van der Waals surface area contributed by atoms with Crippen molar-refractivity contribution in [1.82, 2.24) is 4.90 Å². The van der Waals surface area contributed by atoms with Crippen LogP contribution in [-0.4, -0.2) is 24.0 Å². The minimum absolute atomic E-state index is 0.268. The molecule has 1 saturated heterocycles. The van der Waals surface area contributed by atoms with Gasteiger partial charge in [0.2, 0.25) is 0 Å². The van der Waals surface area contributed by atoms with Crippen LogP contribution in [0, 0.1) is 17.2 Å². The molecule has 0 aromatic carbocycles. The summed E-state index contributed by atoms with van der Waals surface area (Å²) >= 11 is 0. The van der Waals surface area contributed by atoms with Gasteiger partial charge in [-0.15, -0.1) is 0 Å². The minimum Gasteiger partial charge on any atom is -0.296 e. The van der Waals surface area contributed by atoms with Crippen molar-refractivity contribution in [2.24, 2.45) is 5.92 Å². The van der Waals surface area contributed by atoms with Gasteiger partial charge in [0.15, 0.2) is 0 Å². The molecule has 0 bridgehead atoms. The average molecular weight is 202 g/mol. The first-order chi connectivity index (χ1) is 7.40. The van der Waals surface area contributed by atoms with Crippen molar-refractivity contribution in [2.45, 2.75) is 44.6 Å². The second-order valence-corrected chi connectivity index (χ2v) is 5.07. The van der Waals surface area contributed by atoms with Crippen molar-refractivity contribution >= 4 is 0 Å². The third-order valence-electron chi connectivity index (χ3n) is 4.38. The van der Waals surface area contributed by atoms with Gasteiger partial charge < -0.3 is 0 Å². The number of rotatable bonds is 0. The van der Waals surface area contributed by atoms with E-state index in [1.54, 1.807) is 5.57 Å². The average Bonchev–Trinajstić information content (AvgIpc) is 2.72. The Morgan fingerprint density at radius 2 is 2.00 bits per heavy atom. The lowest BCUT2D eigenvalue weighted by Gasteiger charge is -2.40. The lowest BCUT2D eigenvalue weighted by molar-refractivity contribution is 0.161. The quantitative estimate of drug-likeness (QED) is 0.564. The SMILES string of the molecule is N#CC1CCC2=C1CCN1CCCCC21. The lowest BCUT2D eigenvalue weighted by atomic mass is 9.87. The van der Waals surface area contributed by atoms with E-state index in [9.17, 15) is 0 Å². The summed E-state index contributed by atoms with van der Waals surface area (Å²) in [5, 5.41) is 9.10. The van der Waals surface area contributed by atoms with Crippen LogP contribution in [-0.2, 0) is 0 Å². The van der Waals surface area contributed by atoms with Gasteiger partial charge in [-0.1, -0.05) is 17.6 Å². The number of hydrogen-bond donors (Lipinski definition) is 0. The molecule has 0 radical (unpaired) electrons. The lowest BCUT2D eigenvalue weighted by Crippen LogP contribution is -2.44. The van der Waals surface area contributed by atoms with Gasteiger partial charge in [0.05, 0.1) is 12.0 Å². The number of nitrogens with zero attached hydrogens (tertiary/aromatic N) is 2. The summed E-state index contributed by atoms with van der Waals surface area (Å²) in [6.07, 6.45) is 7.58. The summed E-state index contributed by atoms with van der Waals surface area (Å²) in [5.41, 5.74) is 3.19. The van der Waals surface area contributed by atoms with Crippen molar-refractivity contribution in [3.63, 3.8) is 0 Å². The molecule has 0 saturated carbocycles.